The lowest BCUT2D eigenvalue weighted by Crippen LogP contribution is -2.36. The smallest absolute Gasteiger partial charge is 0.328 e. The van der Waals surface area contributed by atoms with E-state index in [0.717, 1.165) is 19.5 Å². The summed E-state index contributed by atoms with van der Waals surface area (Å²) < 4.78 is 40.4. The maximum Gasteiger partial charge on any atom is 0.328 e. The second-order valence-electron chi connectivity index (χ2n) is 6.69. The Bertz CT molecular complexity index is 1100. The molecule has 1 saturated heterocycles. The molecule has 0 bridgehead atoms. The van der Waals surface area contributed by atoms with Crippen molar-refractivity contribution in [3.05, 3.63) is 52.5 Å². The Kier molecular flexibility index (Phi) is 5.33. The number of amides is 1. The summed E-state index contributed by atoms with van der Waals surface area (Å²) in [5.74, 6) is -1.00. The van der Waals surface area contributed by atoms with Crippen LogP contribution in [0.3, 0.4) is 0 Å². The number of nitrogens with zero attached hydrogens (tertiary/aromatic N) is 1. The van der Waals surface area contributed by atoms with E-state index in [1.165, 1.54) is 19.2 Å². The average Bonchev–Trinajstić information content (AvgIpc) is 3.07. The third-order valence-corrected chi connectivity index (χ3v) is 6.57. The summed E-state index contributed by atoms with van der Waals surface area (Å²) in [7, 11) is 1.43. The SMILES string of the molecule is COc1ccc(Cl)c(C)c1[S+]([O-])NC(=O)c1cc2c(F)cc(N3CCC3)cc2o1. The number of fused-ring (bicyclic) bond motifs is 1. The van der Waals surface area contributed by atoms with Gasteiger partial charge in [0.15, 0.2) is 11.5 Å². The van der Waals surface area contributed by atoms with Crippen LogP contribution in [0.15, 0.2) is 39.6 Å². The summed E-state index contributed by atoms with van der Waals surface area (Å²) in [6.45, 7) is 3.40. The molecule has 1 aliphatic rings. The van der Waals surface area contributed by atoms with E-state index in [9.17, 15) is 13.7 Å². The summed E-state index contributed by atoms with van der Waals surface area (Å²) in [4.78, 5) is 14.9. The monoisotopic (exact) mass is 436 g/mol. The number of rotatable bonds is 5. The molecule has 0 aliphatic carbocycles. The predicted molar refractivity (Wildman–Crippen MR) is 110 cm³/mol. The topological polar surface area (TPSA) is 77.8 Å². The van der Waals surface area contributed by atoms with Gasteiger partial charge in [-0.15, -0.1) is 0 Å². The van der Waals surface area contributed by atoms with Gasteiger partial charge >= 0.3 is 5.91 Å². The molecule has 0 saturated carbocycles. The van der Waals surface area contributed by atoms with Gasteiger partial charge in [0, 0.05) is 41.5 Å². The highest BCUT2D eigenvalue weighted by Gasteiger charge is 2.27. The van der Waals surface area contributed by atoms with Gasteiger partial charge in [0.1, 0.15) is 22.8 Å². The second kappa shape index (κ2) is 7.78. The molecule has 1 atom stereocenters. The first-order chi connectivity index (χ1) is 13.9. The van der Waals surface area contributed by atoms with Crippen molar-refractivity contribution in [2.75, 3.05) is 25.1 Å². The van der Waals surface area contributed by atoms with E-state index < -0.39 is 23.1 Å². The van der Waals surface area contributed by atoms with Gasteiger partial charge < -0.3 is 18.6 Å². The molecule has 4 rings (SSSR count). The van der Waals surface area contributed by atoms with Crippen molar-refractivity contribution in [3.8, 4) is 5.75 Å². The average molecular weight is 437 g/mol. The Morgan fingerprint density at radius 1 is 1.34 bits per heavy atom. The van der Waals surface area contributed by atoms with Crippen LogP contribution < -0.4 is 14.4 Å². The summed E-state index contributed by atoms with van der Waals surface area (Å²) in [6, 6.07) is 7.63. The van der Waals surface area contributed by atoms with E-state index in [4.69, 9.17) is 20.8 Å². The highest BCUT2D eigenvalue weighted by molar-refractivity contribution is 7.90. The molecule has 1 N–H and O–H groups in total. The third kappa shape index (κ3) is 3.63. The van der Waals surface area contributed by atoms with Gasteiger partial charge in [-0.3, -0.25) is 4.79 Å². The Balaban J connectivity index is 1.61. The Hall–Kier alpha value is -2.42. The van der Waals surface area contributed by atoms with Gasteiger partial charge in [-0.05, 0) is 31.5 Å². The lowest BCUT2D eigenvalue weighted by molar-refractivity contribution is 0.0956. The van der Waals surface area contributed by atoms with E-state index in [1.54, 1.807) is 25.1 Å². The number of anilines is 1. The zero-order chi connectivity index (χ0) is 20.7. The third-order valence-electron chi connectivity index (χ3n) is 4.91. The van der Waals surface area contributed by atoms with E-state index in [0.29, 0.717) is 22.0 Å². The maximum atomic E-state index is 14.5. The van der Waals surface area contributed by atoms with Crippen LogP contribution in [-0.4, -0.2) is 30.7 Å². The molecule has 2 heterocycles. The molecule has 1 aliphatic heterocycles. The molecular formula is C20H18ClFN2O4S. The molecule has 1 unspecified atom stereocenters. The Morgan fingerprint density at radius 3 is 2.76 bits per heavy atom. The van der Waals surface area contributed by atoms with Crippen molar-refractivity contribution in [1.29, 1.82) is 0 Å². The molecule has 1 aromatic heterocycles. The lowest BCUT2D eigenvalue weighted by atomic mass is 10.1. The first-order valence-corrected chi connectivity index (χ1v) is 10.5. The second-order valence-corrected chi connectivity index (χ2v) is 8.25. The van der Waals surface area contributed by atoms with Crippen molar-refractivity contribution in [3.63, 3.8) is 0 Å². The quantitative estimate of drug-likeness (QED) is 0.606. The number of halogens is 2. The van der Waals surface area contributed by atoms with Gasteiger partial charge in [0.2, 0.25) is 4.90 Å². The number of carbonyl (C=O) groups is 1. The van der Waals surface area contributed by atoms with Gasteiger partial charge in [-0.2, -0.15) is 4.72 Å². The number of carbonyl (C=O) groups excluding carboxylic acids is 1. The molecule has 1 fully saturated rings. The first-order valence-electron chi connectivity index (χ1n) is 8.93. The van der Waals surface area contributed by atoms with E-state index in [-0.39, 0.29) is 21.6 Å². The number of furan rings is 1. The molecule has 9 heteroatoms. The fourth-order valence-electron chi connectivity index (χ4n) is 3.17. The van der Waals surface area contributed by atoms with Crippen molar-refractivity contribution < 1.29 is 22.9 Å². The van der Waals surface area contributed by atoms with E-state index in [1.807, 2.05) is 4.90 Å². The van der Waals surface area contributed by atoms with Crippen molar-refractivity contribution >= 4 is 45.5 Å². The molecule has 2 aromatic carbocycles. The number of hydrogen-bond acceptors (Lipinski definition) is 5. The molecule has 0 radical (unpaired) electrons. The minimum Gasteiger partial charge on any atom is -0.588 e. The summed E-state index contributed by atoms with van der Waals surface area (Å²) >= 11 is 4.15. The van der Waals surface area contributed by atoms with Crippen LogP contribution in [0.1, 0.15) is 22.5 Å². The zero-order valence-electron chi connectivity index (χ0n) is 15.8. The van der Waals surface area contributed by atoms with E-state index >= 15 is 0 Å². The number of hydrogen-bond donors (Lipinski definition) is 1. The first kappa shape index (κ1) is 19.9. The summed E-state index contributed by atoms with van der Waals surface area (Å²) in [5.41, 5.74) is 1.50. The molecule has 3 aromatic rings. The number of nitrogens with one attached hydrogen (secondary N) is 1. The standard InChI is InChI=1S/C20H18ClFN2O4S/c1-11-14(21)4-5-16(27-2)19(11)29(26)23-20(25)18-10-13-15(22)8-12(9-17(13)28-18)24-6-3-7-24/h4-5,8-10H,3,6-7H2,1-2H3,(H,23,25). The number of benzene rings is 2. The predicted octanol–water partition coefficient (Wildman–Crippen LogP) is 4.21. The highest BCUT2D eigenvalue weighted by atomic mass is 35.5. The van der Waals surface area contributed by atoms with Gasteiger partial charge in [-0.1, -0.05) is 11.6 Å². The lowest BCUT2D eigenvalue weighted by Gasteiger charge is -2.33. The fourth-order valence-corrected chi connectivity index (χ4v) is 4.48. The van der Waals surface area contributed by atoms with Crippen LogP contribution in [0, 0.1) is 12.7 Å². The Morgan fingerprint density at radius 2 is 2.10 bits per heavy atom. The van der Waals surface area contributed by atoms with Crippen molar-refractivity contribution in [1.82, 2.24) is 4.72 Å². The molecular weight excluding hydrogens is 419 g/mol. The maximum absolute atomic E-state index is 14.5. The Labute approximate surface area is 174 Å². The molecule has 29 heavy (non-hydrogen) atoms. The van der Waals surface area contributed by atoms with Crippen LogP contribution >= 0.6 is 11.6 Å². The summed E-state index contributed by atoms with van der Waals surface area (Å²) in [5, 5.41) is 0.592. The zero-order valence-corrected chi connectivity index (χ0v) is 17.3. The largest absolute Gasteiger partial charge is 0.588 e. The summed E-state index contributed by atoms with van der Waals surface area (Å²) in [6.07, 6.45) is 1.06. The van der Waals surface area contributed by atoms with Gasteiger partial charge in [0.25, 0.3) is 0 Å². The van der Waals surface area contributed by atoms with E-state index in [2.05, 4.69) is 4.72 Å². The minimum atomic E-state index is -1.95. The molecule has 152 valence electrons. The highest BCUT2D eigenvalue weighted by Crippen LogP contribution is 2.33. The molecule has 1 amide bonds. The van der Waals surface area contributed by atoms with Crippen molar-refractivity contribution in [2.24, 2.45) is 0 Å². The molecule has 0 spiro atoms. The van der Waals surface area contributed by atoms with Crippen LogP contribution in [0.2, 0.25) is 5.02 Å². The number of methoxy groups -OCH3 is 1. The van der Waals surface area contributed by atoms with Crippen LogP contribution in [0.5, 0.6) is 5.75 Å². The van der Waals surface area contributed by atoms with Gasteiger partial charge in [-0.25, -0.2) is 4.39 Å². The minimum absolute atomic E-state index is 0.133. The van der Waals surface area contributed by atoms with Gasteiger partial charge in [0.05, 0.1) is 12.5 Å². The van der Waals surface area contributed by atoms with Crippen molar-refractivity contribution in [2.45, 2.75) is 18.2 Å². The normalized spacial score (nSPS) is 14.6. The van der Waals surface area contributed by atoms with Crippen LogP contribution in [-0.2, 0) is 11.4 Å². The molecule has 6 nitrogen and oxygen atoms in total. The van der Waals surface area contributed by atoms with Crippen LogP contribution in [0.4, 0.5) is 10.1 Å². The van der Waals surface area contributed by atoms with Crippen LogP contribution in [0.25, 0.3) is 11.0 Å². The fraction of sp³-hybridized carbons (Fsp3) is 0.250. The number of ether oxygens (including phenoxy) is 1.